The molecular formula is C23H15ClF3NO6S. The van der Waals surface area contributed by atoms with Gasteiger partial charge in [-0.25, -0.2) is 4.79 Å². The predicted octanol–water partition coefficient (Wildman–Crippen LogP) is 5.20. The minimum Gasteiger partial charge on any atom is -0.455 e. The van der Waals surface area contributed by atoms with Crippen molar-refractivity contribution in [3.63, 3.8) is 0 Å². The zero-order valence-corrected chi connectivity index (χ0v) is 19.6. The molecule has 0 saturated carbocycles. The van der Waals surface area contributed by atoms with Gasteiger partial charge in [-0.2, -0.15) is 21.6 Å². The Morgan fingerprint density at radius 3 is 2.37 bits per heavy atom. The Labute approximate surface area is 202 Å². The van der Waals surface area contributed by atoms with Crippen LogP contribution < -0.4 is 13.8 Å². The zero-order chi connectivity index (χ0) is 25.3. The van der Waals surface area contributed by atoms with Gasteiger partial charge in [0.05, 0.1) is 5.56 Å². The van der Waals surface area contributed by atoms with Gasteiger partial charge in [0, 0.05) is 42.5 Å². The van der Waals surface area contributed by atoms with E-state index in [-0.39, 0.29) is 17.1 Å². The SMILES string of the molecule is CN(C)c1ccc2c(c1)Oc1c(ccc(OS(=O)(=O)C(F)(F)F)c1Cl)C21OC(=O)c2ccccc21. The first-order valence-corrected chi connectivity index (χ1v) is 11.8. The molecule has 0 amide bonds. The van der Waals surface area contributed by atoms with E-state index < -0.39 is 38.0 Å². The Morgan fingerprint density at radius 2 is 1.69 bits per heavy atom. The van der Waals surface area contributed by atoms with Crippen molar-refractivity contribution in [2.75, 3.05) is 19.0 Å². The minimum atomic E-state index is -6.00. The van der Waals surface area contributed by atoms with Gasteiger partial charge in [0.15, 0.2) is 17.1 Å². The number of benzene rings is 3. The molecule has 182 valence electrons. The quantitative estimate of drug-likeness (QED) is 0.264. The smallest absolute Gasteiger partial charge is 0.455 e. The zero-order valence-electron chi connectivity index (χ0n) is 18.0. The number of ether oxygens (including phenoxy) is 2. The molecule has 0 fully saturated rings. The number of hydrogen-bond acceptors (Lipinski definition) is 7. The molecule has 2 aliphatic rings. The number of carbonyl (C=O) groups is 1. The third-order valence-electron chi connectivity index (χ3n) is 5.77. The molecule has 1 spiro atoms. The number of nitrogens with zero attached hydrogens (tertiary/aromatic N) is 1. The van der Waals surface area contributed by atoms with E-state index in [1.54, 1.807) is 61.5 Å². The first-order valence-electron chi connectivity index (χ1n) is 10.0. The summed E-state index contributed by atoms with van der Waals surface area (Å²) >= 11 is 6.34. The van der Waals surface area contributed by atoms with Crippen molar-refractivity contribution < 1.29 is 40.0 Å². The largest absolute Gasteiger partial charge is 0.534 e. The minimum absolute atomic E-state index is 0.197. The second-order valence-electron chi connectivity index (χ2n) is 8.03. The molecule has 12 heteroatoms. The Hall–Kier alpha value is -3.44. The number of fused-ring (bicyclic) bond motifs is 6. The van der Waals surface area contributed by atoms with E-state index in [1.165, 1.54) is 6.07 Å². The van der Waals surface area contributed by atoms with Gasteiger partial charge in [0.1, 0.15) is 10.8 Å². The fraction of sp³-hybridized carbons (Fsp3) is 0.174. The lowest BCUT2D eigenvalue weighted by atomic mass is 9.77. The van der Waals surface area contributed by atoms with Crippen LogP contribution >= 0.6 is 11.6 Å². The molecule has 1 atom stereocenters. The second-order valence-corrected chi connectivity index (χ2v) is 9.95. The Kier molecular flexibility index (Phi) is 5.01. The van der Waals surface area contributed by atoms with Crippen LogP contribution in [0.4, 0.5) is 18.9 Å². The summed E-state index contributed by atoms with van der Waals surface area (Å²) in [5, 5.41) is -0.531. The molecular weight excluding hydrogens is 511 g/mol. The van der Waals surface area contributed by atoms with Crippen molar-refractivity contribution in [2.24, 2.45) is 0 Å². The lowest BCUT2D eigenvalue weighted by Gasteiger charge is -2.37. The third kappa shape index (κ3) is 3.33. The van der Waals surface area contributed by atoms with Crippen molar-refractivity contribution in [1.82, 2.24) is 0 Å². The summed E-state index contributed by atoms with van der Waals surface area (Å²) in [6, 6.07) is 14.0. The molecule has 5 rings (SSSR count). The van der Waals surface area contributed by atoms with Crippen LogP contribution in [0, 0.1) is 0 Å². The van der Waals surface area contributed by atoms with E-state index in [2.05, 4.69) is 4.18 Å². The van der Waals surface area contributed by atoms with Crippen LogP contribution in [0.2, 0.25) is 5.02 Å². The van der Waals surface area contributed by atoms with Gasteiger partial charge < -0.3 is 18.6 Å². The highest BCUT2D eigenvalue weighted by molar-refractivity contribution is 7.88. The van der Waals surface area contributed by atoms with Crippen molar-refractivity contribution in [1.29, 1.82) is 0 Å². The van der Waals surface area contributed by atoms with Gasteiger partial charge in [0.2, 0.25) is 0 Å². The summed E-state index contributed by atoms with van der Waals surface area (Å²) in [5.74, 6) is -1.39. The third-order valence-corrected chi connectivity index (χ3v) is 7.09. The van der Waals surface area contributed by atoms with Crippen LogP contribution in [0.25, 0.3) is 0 Å². The second kappa shape index (κ2) is 7.53. The summed E-state index contributed by atoms with van der Waals surface area (Å²) in [7, 11) is -2.41. The number of esters is 1. The van der Waals surface area contributed by atoms with Gasteiger partial charge in [-0.1, -0.05) is 29.8 Å². The number of anilines is 1. The summed E-state index contributed by atoms with van der Waals surface area (Å²) in [4.78, 5) is 14.6. The number of rotatable bonds is 3. The molecule has 3 aromatic rings. The molecule has 35 heavy (non-hydrogen) atoms. The molecule has 0 radical (unpaired) electrons. The maximum Gasteiger partial charge on any atom is 0.534 e. The average Bonchev–Trinajstić information content (AvgIpc) is 3.08. The fourth-order valence-electron chi connectivity index (χ4n) is 4.18. The van der Waals surface area contributed by atoms with Crippen molar-refractivity contribution >= 4 is 33.4 Å². The van der Waals surface area contributed by atoms with E-state index in [4.69, 9.17) is 21.1 Å². The molecule has 0 N–H and O–H groups in total. The Balaban J connectivity index is 1.78. The average molecular weight is 526 g/mol. The normalized spacial score (nSPS) is 18.3. The molecule has 0 bridgehead atoms. The summed E-state index contributed by atoms with van der Waals surface area (Å²) in [6.45, 7) is 0. The van der Waals surface area contributed by atoms with Crippen LogP contribution in [0.1, 0.15) is 27.0 Å². The van der Waals surface area contributed by atoms with Gasteiger partial charge in [-0.15, -0.1) is 0 Å². The number of halogens is 4. The van der Waals surface area contributed by atoms with Crippen molar-refractivity contribution in [3.05, 3.63) is 81.9 Å². The molecule has 2 aliphatic heterocycles. The molecule has 0 aromatic heterocycles. The molecule has 0 saturated heterocycles. The van der Waals surface area contributed by atoms with E-state index in [0.717, 1.165) is 6.07 Å². The molecule has 0 aliphatic carbocycles. The molecule has 1 unspecified atom stereocenters. The lowest BCUT2D eigenvalue weighted by molar-refractivity contribution is -0.0500. The first kappa shape index (κ1) is 23.3. The van der Waals surface area contributed by atoms with E-state index in [0.29, 0.717) is 22.4 Å². The van der Waals surface area contributed by atoms with Gasteiger partial charge in [-0.3, -0.25) is 0 Å². The van der Waals surface area contributed by atoms with Crippen LogP contribution in [0.15, 0.2) is 54.6 Å². The van der Waals surface area contributed by atoms with Gasteiger partial charge in [0.25, 0.3) is 0 Å². The Morgan fingerprint density at radius 1 is 1.00 bits per heavy atom. The molecule has 3 aromatic carbocycles. The van der Waals surface area contributed by atoms with E-state index in [9.17, 15) is 26.4 Å². The number of carbonyl (C=O) groups excluding carboxylic acids is 1. The highest BCUT2D eigenvalue weighted by atomic mass is 35.5. The summed E-state index contributed by atoms with van der Waals surface area (Å²) in [6.07, 6.45) is 0. The lowest BCUT2D eigenvalue weighted by Crippen LogP contribution is -2.33. The first-order chi connectivity index (χ1) is 16.4. The summed E-state index contributed by atoms with van der Waals surface area (Å²) < 4.78 is 78.1. The van der Waals surface area contributed by atoms with Gasteiger partial charge >= 0.3 is 21.6 Å². The fourth-order valence-corrected chi connectivity index (χ4v) is 4.94. The maximum atomic E-state index is 12.9. The van der Waals surface area contributed by atoms with Crippen LogP contribution in [-0.4, -0.2) is 34.0 Å². The van der Waals surface area contributed by atoms with Crippen LogP contribution in [0.3, 0.4) is 0 Å². The summed E-state index contributed by atoms with van der Waals surface area (Å²) in [5.41, 5.74) is -5.07. The number of alkyl halides is 3. The highest BCUT2D eigenvalue weighted by Gasteiger charge is 2.55. The molecule has 7 nitrogen and oxygen atoms in total. The topological polar surface area (TPSA) is 82.1 Å². The predicted molar refractivity (Wildman–Crippen MR) is 120 cm³/mol. The van der Waals surface area contributed by atoms with Crippen LogP contribution in [-0.2, 0) is 20.5 Å². The molecule has 2 heterocycles. The number of hydrogen-bond donors (Lipinski definition) is 0. The maximum absolute atomic E-state index is 12.9. The van der Waals surface area contributed by atoms with E-state index >= 15 is 0 Å². The standard InChI is InChI=1S/C23H15ClF3NO6S/c1-28(2)12-7-8-15-18(11-12)32-20-16(22(15)14-6-4-3-5-13(14)21(29)33-22)9-10-17(19(20)24)34-35(30,31)23(25,26)27/h3-11H,1-2H3. The highest BCUT2D eigenvalue weighted by Crippen LogP contribution is 2.59. The monoisotopic (exact) mass is 525 g/mol. The van der Waals surface area contributed by atoms with E-state index in [1.807, 2.05) is 0 Å². The van der Waals surface area contributed by atoms with Crippen LogP contribution in [0.5, 0.6) is 17.2 Å². The van der Waals surface area contributed by atoms with Crippen molar-refractivity contribution in [2.45, 2.75) is 11.1 Å². The van der Waals surface area contributed by atoms with Gasteiger partial charge in [-0.05, 0) is 30.3 Å². The Bertz CT molecular complexity index is 1510. The van der Waals surface area contributed by atoms with Crippen molar-refractivity contribution in [3.8, 4) is 17.2 Å².